The topological polar surface area (TPSA) is 67.6 Å². The number of imidazole rings is 1. The van der Waals surface area contributed by atoms with Crippen molar-refractivity contribution in [2.24, 2.45) is 7.05 Å². The monoisotopic (exact) mass is 307 g/mol. The van der Waals surface area contributed by atoms with Gasteiger partial charge >= 0.3 is 0 Å². The maximum Gasteiger partial charge on any atom is 0.220 e. The minimum Gasteiger partial charge on any atom is -0.353 e. The van der Waals surface area contributed by atoms with Gasteiger partial charge in [-0.2, -0.15) is 5.10 Å². The van der Waals surface area contributed by atoms with Crippen LogP contribution in [0.3, 0.4) is 0 Å². The largest absolute Gasteiger partial charge is 0.353 e. The first-order valence-corrected chi connectivity index (χ1v) is 7.94. The van der Waals surface area contributed by atoms with Crippen LogP contribution in [0.5, 0.6) is 0 Å². The Morgan fingerprint density at radius 1 is 1.52 bits per heavy atom. The number of nitrogens with zero attached hydrogens (tertiary/aromatic N) is 3. The number of aromatic amines is 1. The molecule has 114 valence electrons. The summed E-state index contributed by atoms with van der Waals surface area (Å²) in [6.07, 6.45) is 4.46. The van der Waals surface area contributed by atoms with E-state index in [4.69, 9.17) is 12.2 Å². The Kier molecular flexibility index (Phi) is 3.84. The number of hydrogen-bond donors (Lipinski definition) is 2. The molecule has 1 fully saturated rings. The van der Waals surface area contributed by atoms with Crippen molar-refractivity contribution in [3.8, 4) is 0 Å². The van der Waals surface area contributed by atoms with Crippen molar-refractivity contribution in [3.63, 3.8) is 0 Å². The lowest BCUT2D eigenvalue weighted by Gasteiger charge is -2.05. The lowest BCUT2D eigenvalue weighted by Crippen LogP contribution is -2.25. The summed E-state index contributed by atoms with van der Waals surface area (Å²) in [5.74, 6) is 0.148. The summed E-state index contributed by atoms with van der Waals surface area (Å²) in [5.41, 5.74) is 3.07. The number of carbonyl (C=O) groups is 1. The predicted molar refractivity (Wildman–Crippen MR) is 83.7 cm³/mol. The molecule has 2 aromatic rings. The zero-order valence-electron chi connectivity index (χ0n) is 12.5. The molecule has 2 aromatic heterocycles. The Bertz CT molecular complexity index is 722. The van der Waals surface area contributed by atoms with E-state index >= 15 is 0 Å². The van der Waals surface area contributed by atoms with E-state index in [2.05, 4.69) is 22.3 Å². The van der Waals surface area contributed by atoms with Crippen LogP contribution in [0.2, 0.25) is 0 Å². The third-order valence-corrected chi connectivity index (χ3v) is 4.21. The van der Waals surface area contributed by atoms with Crippen molar-refractivity contribution >= 4 is 29.3 Å². The van der Waals surface area contributed by atoms with Crippen LogP contribution >= 0.6 is 12.2 Å². The Hall–Kier alpha value is -1.63. The minimum atomic E-state index is 0.148. The number of aromatic nitrogens is 4. The molecule has 1 amide bonds. The molecular formula is C14H21N5OS. The van der Waals surface area contributed by atoms with E-state index in [1.54, 1.807) is 0 Å². The molecule has 0 saturated heterocycles. The van der Waals surface area contributed by atoms with Gasteiger partial charge in [0.25, 0.3) is 0 Å². The summed E-state index contributed by atoms with van der Waals surface area (Å²) < 4.78 is 4.61. The molecule has 1 aliphatic carbocycles. The quantitative estimate of drug-likeness (QED) is 0.803. The summed E-state index contributed by atoms with van der Waals surface area (Å²) in [6.45, 7) is 2.82. The van der Waals surface area contributed by atoms with Gasteiger partial charge in [-0.1, -0.05) is 6.92 Å². The Morgan fingerprint density at radius 3 is 2.95 bits per heavy atom. The zero-order chi connectivity index (χ0) is 15.0. The van der Waals surface area contributed by atoms with Crippen LogP contribution in [0.15, 0.2) is 0 Å². The molecule has 3 rings (SSSR count). The van der Waals surface area contributed by atoms with Gasteiger partial charge < -0.3 is 14.9 Å². The van der Waals surface area contributed by atoms with Crippen LogP contribution in [0.4, 0.5) is 0 Å². The zero-order valence-corrected chi connectivity index (χ0v) is 13.3. The molecule has 0 bridgehead atoms. The van der Waals surface area contributed by atoms with E-state index in [-0.39, 0.29) is 5.91 Å². The highest BCUT2D eigenvalue weighted by atomic mass is 32.1. The molecule has 0 aromatic carbocycles. The minimum absolute atomic E-state index is 0.148. The predicted octanol–water partition coefficient (Wildman–Crippen LogP) is 2.05. The fourth-order valence-electron chi connectivity index (χ4n) is 2.66. The van der Waals surface area contributed by atoms with E-state index in [0.717, 1.165) is 49.1 Å². The Morgan fingerprint density at radius 2 is 2.29 bits per heavy atom. The molecule has 7 heteroatoms. The average molecular weight is 307 g/mol. The number of rotatable bonds is 6. The highest BCUT2D eigenvalue weighted by Gasteiger charge is 2.22. The maximum absolute atomic E-state index is 11.7. The van der Waals surface area contributed by atoms with Crippen LogP contribution in [0.1, 0.15) is 38.3 Å². The van der Waals surface area contributed by atoms with Gasteiger partial charge in [0, 0.05) is 26.1 Å². The summed E-state index contributed by atoms with van der Waals surface area (Å²) in [4.78, 5) is 15.0. The first-order valence-electron chi connectivity index (χ1n) is 7.54. The van der Waals surface area contributed by atoms with Crippen molar-refractivity contribution in [1.82, 2.24) is 24.6 Å². The number of aryl methyl sites for hydroxylation is 3. The summed E-state index contributed by atoms with van der Waals surface area (Å²) >= 11 is 5.40. The standard InChI is InChI=1S/C14H21N5OS/c1-3-10-12-13(18(2)17-10)19(14(21)16-12)8-4-5-11(20)15-9-6-7-9/h9H,3-8H2,1-2H3,(H,15,20)(H,16,21). The van der Waals surface area contributed by atoms with Gasteiger partial charge in [0.2, 0.25) is 5.91 Å². The highest BCUT2D eigenvalue weighted by molar-refractivity contribution is 7.71. The molecule has 21 heavy (non-hydrogen) atoms. The fourth-order valence-corrected chi connectivity index (χ4v) is 2.94. The second-order valence-corrected chi connectivity index (χ2v) is 6.04. The van der Waals surface area contributed by atoms with Crippen molar-refractivity contribution in [3.05, 3.63) is 10.5 Å². The smallest absolute Gasteiger partial charge is 0.220 e. The molecule has 1 aliphatic rings. The first-order chi connectivity index (χ1) is 10.1. The molecule has 0 radical (unpaired) electrons. The van der Waals surface area contributed by atoms with Gasteiger partial charge in [-0.3, -0.25) is 9.48 Å². The van der Waals surface area contributed by atoms with Crippen LogP contribution < -0.4 is 5.32 Å². The fraction of sp³-hybridized carbons (Fsp3) is 0.643. The molecule has 2 heterocycles. The van der Waals surface area contributed by atoms with E-state index in [1.807, 2.05) is 16.3 Å². The van der Waals surface area contributed by atoms with E-state index < -0.39 is 0 Å². The molecule has 0 aliphatic heterocycles. The normalized spacial score (nSPS) is 14.8. The van der Waals surface area contributed by atoms with E-state index in [0.29, 0.717) is 17.2 Å². The van der Waals surface area contributed by atoms with Crippen molar-refractivity contribution in [2.45, 2.75) is 51.6 Å². The van der Waals surface area contributed by atoms with Crippen molar-refractivity contribution in [2.75, 3.05) is 0 Å². The van der Waals surface area contributed by atoms with E-state index in [9.17, 15) is 4.79 Å². The van der Waals surface area contributed by atoms with Crippen molar-refractivity contribution < 1.29 is 4.79 Å². The first kappa shape index (κ1) is 14.3. The van der Waals surface area contributed by atoms with Crippen LogP contribution in [0.25, 0.3) is 11.2 Å². The van der Waals surface area contributed by atoms with Gasteiger partial charge in [-0.25, -0.2) is 0 Å². The molecule has 0 unspecified atom stereocenters. The molecular weight excluding hydrogens is 286 g/mol. The lowest BCUT2D eigenvalue weighted by molar-refractivity contribution is -0.121. The van der Waals surface area contributed by atoms with Crippen LogP contribution in [-0.4, -0.2) is 31.3 Å². The second kappa shape index (κ2) is 5.63. The number of nitrogens with one attached hydrogen (secondary N) is 2. The molecule has 0 atom stereocenters. The number of H-pyrrole nitrogens is 1. The van der Waals surface area contributed by atoms with Gasteiger partial charge in [0.05, 0.1) is 5.69 Å². The Labute approximate surface area is 128 Å². The summed E-state index contributed by atoms with van der Waals surface area (Å²) in [7, 11) is 1.93. The molecule has 0 spiro atoms. The maximum atomic E-state index is 11.7. The lowest BCUT2D eigenvalue weighted by atomic mass is 10.3. The summed E-state index contributed by atoms with van der Waals surface area (Å²) in [6, 6.07) is 0.433. The SMILES string of the molecule is CCc1nn(C)c2c1[nH]c(=S)n2CCCC(=O)NC1CC1. The highest BCUT2D eigenvalue weighted by Crippen LogP contribution is 2.20. The molecule has 6 nitrogen and oxygen atoms in total. The average Bonchev–Trinajstić information content (AvgIpc) is 3.12. The number of hydrogen-bond acceptors (Lipinski definition) is 3. The van der Waals surface area contributed by atoms with E-state index in [1.165, 1.54) is 0 Å². The van der Waals surface area contributed by atoms with Gasteiger partial charge in [0.1, 0.15) is 5.52 Å². The summed E-state index contributed by atoms with van der Waals surface area (Å²) in [5, 5.41) is 7.51. The third-order valence-electron chi connectivity index (χ3n) is 3.89. The third kappa shape index (κ3) is 2.88. The number of carbonyl (C=O) groups excluding carboxylic acids is 1. The van der Waals surface area contributed by atoms with Gasteiger partial charge in [-0.05, 0) is 37.9 Å². The van der Waals surface area contributed by atoms with Crippen LogP contribution in [-0.2, 0) is 24.8 Å². The van der Waals surface area contributed by atoms with Crippen molar-refractivity contribution in [1.29, 1.82) is 0 Å². The molecule has 2 N–H and O–H groups in total. The second-order valence-electron chi connectivity index (χ2n) is 5.65. The van der Waals surface area contributed by atoms with Gasteiger partial charge in [-0.15, -0.1) is 0 Å². The number of amides is 1. The van der Waals surface area contributed by atoms with Crippen LogP contribution in [0, 0.1) is 4.77 Å². The Balaban J connectivity index is 1.71. The molecule has 1 saturated carbocycles. The van der Waals surface area contributed by atoms with Gasteiger partial charge in [0.15, 0.2) is 10.4 Å². The number of fused-ring (bicyclic) bond motifs is 1.